The molecule has 0 saturated heterocycles. The van der Waals surface area contributed by atoms with Crippen molar-refractivity contribution < 1.29 is 15.3 Å². The summed E-state index contributed by atoms with van der Waals surface area (Å²) >= 11 is 0. The van der Waals surface area contributed by atoms with Crippen LogP contribution in [0.5, 0.6) is 17.2 Å². The topological polar surface area (TPSA) is 135 Å². The molecule has 0 radical (unpaired) electrons. The summed E-state index contributed by atoms with van der Waals surface area (Å²) in [7, 11) is 0. The van der Waals surface area contributed by atoms with Crippen molar-refractivity contribution in [3.05, 3.63) is 58.0 Å². The van der Waals surface area contributed by atoms with Crippen LogP contribution in [0.25, 0.3) is 11.4 Å². The minimum atomic E-state index is -0.542. The van der Waals surface area contributed by atoms with Gasteiger partial charge in [0.05, 0.1) is 16.8 Å². The Morgan fingerprint density at radius 1 is 1.11 bits per heavy atom. The van der Waals surface area contributed by atoms with Gasteiger partial charge >= 0.3 is 0 Å². The van der Waals surface area contributed by atoms with E-state index in [0.29, 0.717) is 48.6 Å². The maximum Gasteiger partial charge on any atom is 0.255 e. The van der Waals surface area contributed by atoms with Gasteiger partial charge in [-0.25, -0.2) is 15.0 Å². The number of aromatic hydroxyl groups is 3. The summed E-state index contributed by atoms with van der Waals surface area (Å²) in [6.07, 6.45) is 5.17. The van der Waals surface area contributed by atoms with Crippen molar-refractivity contribution >= 4 is 0 Å². The first-order valence-corrected chi connectivity index (χ1v) is 8.35. The lowest BCUT2D eigenvalue weighted by molar-refractivity contribution is 0.237. The Morgan fingerprint density at radius 2 is 1.89 bits per heavy atom. The average molecular weight is 367 g/mol. The van der Waals surface area contributed by atoms with Crippen LogP contribution in [0.1, 0.15) is 16.8 Å². The highest BCUT2D eigenvalue weighted by Crippen LogP contribution is 2.37. The van der Waals surface area contributed by atoms with Gasteiger partial charge in [-0.3, -0.25) is 9.69 Å². The van der Waals surface area contributed by atoms with E-state index in [9.17, 15) is 20.1 Å². The molecule has 0 aliphatic carbocycles. The first-order chi connectivity index (χ1) is 13.0. The SMILES string of the molecule is O=c1[nH]c(-c2cncnc2)nc2c1CN(Cc1ccc(O)c(O)c1O)CC2. The van der Waals surface area contributed by atoms with Crippen molar-refractivity contribution in [2.75, 3.05) is 6.54 Å². The van der Waals surface area contributed by atoms with Gasteiger partial charge in [0.15, 0.2) is 11.5 Å². The van der Waals surface area contributed by atoms with Crippen molar-refractivity contribution in [2.24, 2.45) is 0 Å². The molecule has 138 valence electrons. The van der Waals surface area contributed by atoms with Crippen LogP contribution in [0.15, 0.2) is 35.6 Å². The maximum absolute atomic E-state index is 12.5. The third-order valence-corrected chi connectivity index (χ3v) is 4.59. The Bertz CT molecular complexity index is 1050. The zero-order valence-electron chi connectivity index (χ0n) is 14.3. The summed E-state index contributed by atoms with van der Waals surface area (Å²) in [5, 5.41) is 29.1. The van der Waals surface area contributed by atoms with Gasteiger partial charge in [-0.2, -0.15) is 0 Å². The third kappa shape index (κ3) is 3.20. The fourth-order valence-electron chi connectivity index (χ4n) is 3.15. The molecule has 3 aromatic rings. The fourth-order valence-corrected chi connectivity index (χ4v) is 3.15. The van der Waals surface area contributed by atoms with Crippen molar-refractivity contribution in [1.82, 2.24) is 24.8 Å². The molecule has 0 bridgehead atoms. The molecule has 9 nitrogen and oxygen atoms in total. The lowest BCUT2D eigenvalue weighted by Gasteiger charge is -2.28. The van der Waals surface area contributed by atoms with Crippen LogP contribution in [0.3, 0.4) is 0 Å². The Kier molecular flexibility index (Phi) is 4.21. The van der Waals surface area contributed by atoms with Gasteiger partial charge in [0, 0.05) is 44.0 Å². The zero-order valence-corrected chi connectivity index (χ0v) is 14.3. The second-order valence-electron chi connectivity index (χ2n) is 6.37. The molecule has 1 aliphatic heterocycles. The summed E-state index contributed by atoms with van der Waals surface area (Å²) in [5.74, 6) is -0.835. The minimum absolute atomic E-state index is 0.221. The van der Waals surface area contributed by atoms with Crippen LogP contribution in [0.2, 0.25) is 0 Å². The van der Waals surface area contributed by atoms with E-state index in [4.69, 9.17) is 0 Å². The van der Waals surface area contributed by atoms with E-state index >= 15 is 0 Å². The van der Waals surface area contributed by atoms with Gasteiger partial charge in [0.2, 0.25) is 5.75 Å². The predicted molar refractivity (Wildman–Crippen MR) is 95.1 cm³/mol. The average Bonchev–Trinajstić information content (AvgIpc) is 2.69. The van der Waals surface area contributed by atoms with Gasteiger partial charge in [0.25, 0.3) is 5.56 Å². The summed E-state index contributed by atoms with van der Waals surface area (Å²) in [6, 6.07) is 2.87. The quantitative estimate of drug-likeness (QED) is 0.502. The number of H-pyrrole nitrogens is 1. The Hall–Kier alpha value is -3.46. The first-order valence-electron chi connectivity index (χ1n) is 8.35. The highest BCUT2D eigenvalue weighted by atomic mass is 16.3. The number of aromatic nitrogens is 4. The second kappa shape index (κ2) is 6.69. The molecule has 0 fully saturated rings. The van der Waals surface area contributed by atoms with E-state index in [1.807, 2.05) is 4.90 Å². The predicted octanol–water partition coefficient (Wildman–Crippen LogP) is 0.902. The molecule has 27 heavy (non-hydrogen) atoms. The lowest BCUT2D eigenvalue weighted by Crippen LogP contribution is -2.35. The molecule has 9 heteroatoms. The van der Waals surface area contributed by atoms with Crippen molar-refractivity contribution in [3.8, 4) is 28.6 Å². The van der Waals surface area contributed by atoms with Gasteiger partial charge in [-0.05, 0) is 6.07 Å². The normalized spacial score (nSPS) is 14.1. The molecule has 3 heterocycles. The smallest absolute Gasteiger partial charge is 0.255 e. The Morgan fingerprint density at radius 3 is 2.67 bits per heavy atom. The van der Waals surface area contributed by atoms with Crippen LogP contribution in [0, 0.1) is 0 Å². The highest BCUT2D eigenvalue weighted by molar-refractivity contribution is 5.53. The van der Waals surface area contributed by atoms with Crippen molar-refractivity contribution in [3.63, 3.8) is 0 Å². The summed E-state index contributed by atoms with van der Waals surface area (Å²) in [6.45, 7) is 1.33. The summed E-state index contributed by atoms with van der Waals surface area (Å²) < 4.78 is 0. The van der Waals surface area contributed by atoms with E-state index in [1.165, 1.54) is 12.4 Å². The fraction of sp³-hybridized carbons (Fsp3) is 0.222. The largest absolute Gasteiger partial charge is 0.504 e. The molecule has 4 N–H and O–H groups in total. The molecule has 0 atom stereocenters. The molecule has 1 aromatic carbocycles. The number of nitrogens with zero attached hydrogens (tertiary/aromatic N) is 4. The lowest BCUT2D eigenvalue weighted by atomic mass is 10.0. The molecule has 0 amide bonds. The van der Waals surface area contributed by atoms with Crippen molar-refractivity contribution in [2.45, 2.75) is 19.5 Å². The summed E-state index contributed by atoms with van der Waals surface area (Å²) in [4.78, 5) is 29.7. The highest BCUT2D eigenvalue weighted by Gasteiger charge is 2.23. The van der Waals surface area contributed by atoms with Crippen LogP contribution < -0.4 is 5.56 Å². The molecule has 4 rings (SSSR count). The number of hydrogen-bond acceptors (Lipinski definition) is 8. The van der Waals surface area contributed by atoms with E-state index < -0.39 is 5.75 Å². The molecule has 0 spiro atoms. The Balaban J connectivity index is 1.59. The molecule has 0 unspecified atom stereocenters. The van der Waals surface area contributed by atoms with E-state index in [1.54, 1.807) is 18.5 Å². The van der Waals surface area contributed by atoms with Gasteiger partial charge in [-0.15, -0.1) is 0 Å². The number of phenolic OH excluding ortho intramolecular Hbond substituents is 3. The number of phenols is 3. The van der Waals surface area contributed by atoms with Crippen LogP contribution in [-0.2, 0) is 19.5 Å². The van der Waals surface area contributed by atoms with E-state index in [-0.39, 0.29) is 17.1 Å². The van der Waals surface area contributed by atoms with Gasteiger partial charge < -0.3 is 20.3 Å². The second-order valence-corrected chi connectivity index (χ2v) is 6.37. The Labute approximate surface area is 153 Å². The van der Waals surface area contributed by atoms with Crippen LogP contribution in [0.4, 0.5) is 0 Å². The molecular weight excluding hydrogens is 350 g/mol. The van der Waals surface area contributed by atoms with E-state index in [2.05, 4.69) is 19.9 Å². The minimum Gasteiger partial charge on any atom is -0.504 e. The van der Waals surface area contributed by atoms with Crippen LogP contribution in [-0.4, -0.2) is 46.7 Å². The number of rotatable bonds is 3. The molecule has 1 aliphatic rings. The molecule has 0 saturated carbocycles. The molecule has 2 aromatic heterocycles. The third-order valence-electron chi connectivity index (χ3n) is 4.59. The monoisotopic (exact) mass is 367 g/mol. The molecular formula is C18H17N5O4. The van der Waals surface area contributed by atoms with Gasteiger partial charge in [0.1, 0.15) is 12.2 Å². The summed E-state index contributed by atoms with van der Waals surface area (Å²) in [5.41, 5.74) is 2.19. The number of benzene rings is 1. The van der Waals surface area contributed by atoms with Crippen LogP contribution >= 0.6 is 0 Å². The first kappa shape index (κ1) is 17.0. The number of nitrogens with one attached hydrogen (secondary N) is 1. The maximum atomic E-state index is 12.5. The number of fused-ring (bicyclic) bond motifs is 1. The number of hydrogen-bond donors (Lipinski definition) is 4. The number of aromatic amines is 1. The van der Waals surface area contributed by atoms with Crippen molar-refractivity contribution in [1.29, 1.82) is 0 Å². The van der Waals surface area contributed by atoms with E-state index in [0.717, 1.165) is 5.69 Å². The van der Waals surface area contributed by atoms with Gasteiger partial charge in [-0.1, -0.05) is 6.07 Å². The standard InChI is InChI=1S/C18H17N5O4/c24-14-2-1-10(15(25)16(14)26)7-23-4-3-13-12(8-23)18(27)22-17(21-13)11-5-19-9-20-6-11/h1-2,5-6,9,24-26H,3-4,7-8H2,(H,21,22,27). The zero-order chi connectivity index (χ0) is 19.0.